The summed E-state index contributed by atoms with van der Waals surface area (Å²) in [5.74, 6) is 0. The smallest absolute Gasteiger partial charge is 0.119 e. The molecule has 0 radical (unpaired) electrons. The van der Waals surface area contributed by atoms with Crippen molar-refractivity contribution in [1.82, 2.24) is 4.57 Å². The van der Waals surface area contributed by atoms with Crippen molar-refractivity contribution in [3.05, 3.63) is 23.0 Å². The number of aryl methyl sites for hydroxylation is 1. The van der Waals surface area contributed by atoms with E-state index in [0.717, 1.165) is 6.42 Å². The van der Waals surface area contributed by atoms with Crippen LogP contribution in [0.4, 0.5) is 0 Å². The normalized spacial score (nSPS) is 15.5. The standard InChI is InChI=1S/C9H13NO/c1-7-5-10(6-11)9-4-2-3-8(7)9/h5,11H,2-4,6H2,1H3. The van der Waals surface area contributed by atoms with Gasteiger partial charge in [0.1, 0.15) is 6.73 Å². The Kier molecular flexibility index (Phi) is 1.50. The van der Waals surface area contributed by atoms with Crippen molar-refractivity contribution >= 4 is 0 Å². The Balaban J connectivity index is 2.52. The third kappa shape index (κ3) is 0.897. The lowest BCUT2D eigenvalue weighted by atomic mass is 10.2. The average molecular weight is 151 g/mol. The van der Waals surface area contributed by atoms with Gasteiger partial charge in [0, 0.05) is 11.9 Å². The minimum Gasteiger partial charge on any atom is -0.376 e. The molecule has 0 unspecified atom stereocenters. The molecule has 11 heavy (non-hydrogen) atoms. The van der Waals surface area contributed by atoms with E-state index in [0.29, 0.717) is 0 Å². The largest absolute Gasteiger partial charge is 0.376 e. The molecule has 0 spiro atoms. The molecule has 1 heterocycles. The van der Waals surface area contributed by atoms with Crippen LogP contribution in [0.5, 0.6) is 0 Å². The molecule has 0 aliphatic heterocycles. The lowest BCUT2D eigenvalue weighted by molar-refractivity contribution is 0.207. The van der Waals surface area contributed by atoms with E-state index in [1.165, 1.54) is 29.7 Å². The summed E-state index contributed by atoms with van der Waals surface area (Å²) in [4.78, 5) is 0. The number of fused-ring (bicyclic) bond motifs is 1. The number of nitrogens with zero attached hydrogens (tertiary/aromatic N) is 1. The summed E-state index contributed by atoms with van der Waals surface area (Å²) in [7, 11) is 0. The second-order valence-electron chi connectivity index (χ2n) is 3.20. The summed E-state index contributed by atoms with van der Waals surface area (Å²) in [5, 5.41) is 8.98. The Morgan fingerprint density at radius 3 is 3.09 bits per heavy atom. The highest BCUT2D eigenvalue weighted by Crippen LogP contribution is 2.26. The van der Waals surface area contributed by atoms with Gasteiger partial charge in [-0.3, -0.25) is 0 Å². The van der Waals surface area contributed by atoms with E-state index in [1.54, 1.807) is 0 Å². The van der Waals surface area contributed by atoms with Crippen molar-refractivity contribution < 1.29 is 5.11 Å². The molecule has 2 nitrogen and oxygen atoms in total. The lowest BCUT2D eigenvalue weighted by Crippen LogP contribution is -1.98. The molecule has 0 saturated heterocycles. The minimum absolute atomic E-state index is 0.135. The monoisotopic (exact) mass is 151 g/mol. The first-order valence-corrected chi connectivity index (χ1v) is 4.11. The molecule has 0 bridgehead atoms. The van der Waals surface area contributed by atoms with E-state index in [9.17, 15) is 0 Å². The fraction of sp³-hybridized carbons (Fsp3) is 0.556. The summed E-state index contributed by atoms with van der Waals surface area (Å²) in [6, 6.07) is 0. The van der Waals surface area contributed by atoms with E-state index in [1.807, 2.05) is 10.8 Å². The molecular weight excluding hydrogens is 138 g/mol. The number of hydrogen-bond donors (Lipinski definition) is 1. The molecule has 1 aliphatic rings. The van der Waals surface area contributed by atoms with Crippen molar-refractivity contribution in [2.45, 2.75) is 32.9 Å². The van der Waals surface area contributed by atoms with E-state index in [4.69, 9.17) is 5.11 Å². The third-order valence-electron chi connectivity index (χ3n) is 2.51. The van der Waals surface area contributed by atoms with Crippen LogP contribution in [0.15, 0.2) is 6.20 Å². The Morgan fingerprint density at radius 2 is 2.36 bits per heavy atom. The number of aliphatic hydroxyl groups excluding tert-OH is 1. The summed E-state index contributed by atoms with van der Waals surface area (Å²) in [6.45, 7) is 2.26. The van der Waals surface area contributed by atoms with Crippen molar-refractivity contribution in [1.29, 1.82) is 0 Å². The van der Waals surface area contributed by atoms with Gasteiger partial charge >= 0.3 is 0 Å². The van der Waals surface area contributed by atoms with Crippen LogP contribution in [0.25, 0.3) is 0 Å². The van der Waals surface area contributed by atoms with Gasteiger partial charge in [0.2, 0.25) is 0 Å². The molecule has 1 aliphatic carbocycles. The zero-order chi connectivity index (χ0) is 7.84. The molecule has 2 rings (SSSR count). The topological polar surface area (TPSA) is 25.2 Å². The van der Waals surface area contributed by atoms with E-state index >= 15 is 0 Å². The van der Waals surface area contributed by atoms with Crippen LogP contribution in [0.2, 0.25) is 0 Å². The van der Waals surface area contributed by atoms with Crippen LogP contribution < -0.4 is 0 Å². The SMILES string of the molecule is Cc1cn(CO)c2c1CCC2. The average Bonchev–Trinajstić information content (AvgIpc) is 2.54. The van der Waals surface area contributed by atoms with E-state index in [-0.39, 0.29) is 6.73 Å². The van der Waals surface area contributed by atoms with Crippen molar-refractivity contribution in [3.8, 4) is 0 Å². The van der Waals surface area contributed by atoms with Gasteiger partial charge in [0.05, 0.1) is 0 Å². The number of hydrogen-bond acceptors (Lipinski definition) is 1. The summed E-state index contributed by atoms with van der Waals surface area (Å²) >= 11 is 0. The lowest BCUT2D eigenvalue weighted by Gasteiger charge is -2.00. The molecule has 0 aromatic carbocycles. The molecular formula is C9H13NO. The molecule has 0 fully saturated rings. The Labute approximate surface area is 66.5 Å². The van der Waals surface area contributed by atoms with Crippen molar-refractivity contribution in [2.24, 2.45) is 0 Å². The zero-order valence-corrected chi connectivity index (χ0v) is 6.80. The van der Waals surface area contributed by atoms with Crippen LogP contribution in [0.1, 0.15) is 23.2 Å². The third-order valence-corrected chi connectivity index (χ3v) is 2.51. The first-order valence-electron chi connectivity index (χ1n) is 4.11. The Morgan fingerprint density at radius 1 is 1.55 bits per heavy atom. The molecule has 0 saturated carbocycles. The fourth-order valence-corrected chi connectivity index (χ4v) is 1.99. The van der Waals surface area contributed by atoms with E-state index < -0.39 is 0 Å². The molecule has 1 N–H and O–H groups in total. The van der Waals surface area contributed by atoms with Crippen molar-refractivity contribution in [3.63, 3.8) is 0 Å². The summed E-state index contributed by atoms with van der Waals surface area (Å²) in [6.07, 6.45) is 5.65. The maximum Gasteiger partial charge on any atom is 0.119 e. The van der Waals surface area contributed by atoms with Gasteiger partial charge in [-0.15, -0.1) is 0 Å². The number of aromatic nitrogens is 1. The predicted octanol–water partition coefficient (Wildman–Crippen LogP) is 1.24. The first kappa shape index (κ1) is 6.92. The molecule has 1 aromatic heterocycles. The van der Waals surface area contributed by atoms with Crippen molar-refractivity contribution in [2.75, 3.05) is 0 Å². The maximum atomic E-state index is 8.98. The number of aliphatic hydroxyl groups is 1. The van der Waals surface area contributed by atoms with Gasteiger partial charge < -0.3 is 9.67 Å². The van der Waals surface area contributed by atoms with E-state index in [2.05, 4.69) is 6.92 Å². The second-order valence-corrected chi connectivity index (χ2v) is 3.20. The van der Waals surface area contributed by atoms with Crippen LogP contribution >= 0.6 is 0 Å². The highest BCUT2D eigenvalue weighted by Gasteiger charge is 2.17. The fourth-order valence-electron chi connectivity index (χ4n) is 1.99. The molecule has 2 heteroatoms. The van der Waals surface area contributed by atoms with Gasteiger partial charge in [-0.1, -0.05) is 0 Å². The van der Waals surface area contributed by atoms with Gasteiger partial charge in [0.25, 0.3) is 0 Å². The number of rotatable bonds is 1. The second kappa shape index (κ2) is 2.38. The molecule has 0 atom stereocenters. The highest BCUT2D eigenvalue weighted by atomic mass is 16.3. The van der Waals surface area contributed by atoms with Gasteiger partial charge in [-0.2, -0.15) is 0 Å². The van der Waals surface area contributed by atoms with Gasteiger partial charge in [-0.05, 0) is 37.3 Å². The first-order chi connectivity index (χ1) is 5.33. The summed E-state index contributed by atoms with van der Waals surface area (Å²) in [5.41, 5.74) is 4.16. The Bertz CT molecular complexity index is 275. The highest BCUT2D eigenvalue weighted by molar-refractivity contribution is 5.34. The molecule has 1 aromatic rings. The Hall–Kier alpha value is -0.760. The van der Waals surface area contributed by atoms with Crippen LogP contribution in [0, 0.1) is 6.92 Å². The van der Waals surface area contributed by atoms with Crippen LogP contribution in [-0.2, 0) is 19.6 Å². The quantitative estimate of drug-likeness (QED) is 0.641. The van der Waals surface area contributed by atoms with Crippen LogP contribution in [0.3, 0.4) is 0 Å². The van der Waals surface area contributed by atoms with Crippen LogP contribution in [-0.4, -0.2) is 9.67 Å². The summed E-state index contributed by atoms with van der Waals surface area (Å²) < 4.78 is 1.96. The van der Waals surface area contributed by atoms with Gasteiger partial charge in [0.15, 0.2) is 0 Å². The van der Waals surface area contributed by atoms with Gasteiger partial charge in [-0.25, -0.2) is 0 Å². The molecule has 60 valence electrons. The maximum absolute atomic E-state index is 8.98. The predicted molar refractivity (Wildman–Crippen MR) is 43.4 cm³/mol. The zero-order valence-electron chi connectivity index (χ0n) is 6.80. The molecule has 0 amide bonds. The minimum atomic E-state index is 0.135.